The van der Waals surface area contributed by atoms with Crippen LogP contribution in [0.5, 0.6) is 17.2 Å². The van der Waals surface area contributed by atoms with Crippen LogP contribution in [0.15, 0.2) is 66.7 Å². The van der Waals surface area contributed by atoms with Crippen LogP contribution in [0.2, 0.25) is 18.1 Å². The fourth-order valence-electron chi connectivity index (χ4n) is 3.22. The average Bonchev–Trinajstić information content (AvgIpc) is 2.81. The number of hydrogen-bond acceptors (Lipinski definition) is 4. The molecule has 0 radical (unpaired) electrons. The average molecular weight is 515 g/mol. The first-order valence-corrected chi connectivity index (χ1v) is 15.0. The third kappa shape index (κ3) is 8.07. The molecule has 0 N–H and O–H groups in total. The van der Waals surface area contributed by atoms with Crippen molar-refractivity contribution >= 4 is 8.32 Å². The van der Waals surface area contributed by atoms with Crippen LogP contribution in [0.1, 0.15) is 38.8 Å². The zero-order chi connectivity index (χ0) is 26.3. The molecule has 0 unspecified atom stereocenters. The Morgan fingerprint density at radius 3 is 1.72 bits per heavy atom. The molecule has 3 aromatic carbocycles. The lowest BCUT2D eigenvalue weighted by atomic mass is 10.2. The Balaban J connectivity index is 1.70. The van der Waals surface area contributed by atoms with Gasteiger partial charge in [-0.25, -0.2) is 8.78 Å². The molecule has 0 saturated heterocycles. The molecule has 0 aromatic heterocycles. The van der Waals surface area contributed by atoms with Gasteiger partial charge in [0.15, 0.2) is 19.8 Å². The van der Waals surface area contributed by atoms with Crippen LogP contribution in [0.3, 0.4) is 0 Å². The first-order valence-electron chi connectivity index (χ1n) is 12.1. The van der Waals surface area contributed by atoms with E-state index < -0.39 is 8.32 Å². The monoisotopic (exact) mass is 514 g/mol. The lowest BCUT2D eigenvalue weighted by molar-refractivity contribution is 0.129. The topological polar surface area (TPSA) is 36.9 Å². The van der Waals surface area contributed by atoms with Gasteiger partial charge in [-0.05, 0) is 72.6 Å². The van der Waals surface area contributed by atoms with Crippen LogP contribution in [-0.4, -0.2) is 21.0 Å². The summed E-state index contributed by atoms with van der Waals surface area (Å²) in [6, 6.07) is 17.7. The van der Waals surface area contributed by atoms with E-state index in [1.54, 1.807) is 36.4 Å². The highest BCUT2D eigenvalue weighted by molar-refractivity contribution is 6.74. The van der Waals surface area contributed by atoms with Crippen molar-refractivity contribution in [2.24, 2.45) is 0 Å². The van der Waals surface area contributed by atoms with E-state index in [4.69, 9.17) is 18.6 Å². The molecule has 0 aliphatic rings. The van der Waals surface area contributed by atoms with E-state index in [1.807, 2.05) is 13.0 Å². The van der Waals surface area contributed by atoms with Crippen LogP contribution in [0.25, 0.3) is 0 Å². The standard InChI is InChI=1S/C29H36F2O4Si/c1-21(35-36(5,6)29(2,3)4)18-32-26-15-16-27(33-19-22-7-11-24(30)12-8-22)28(17-26)34-20-23-9-13-25(31)14-10-23/h7-17,21H,18-20H2,1-6H3/t21-/m1/s1. The zero-order valence-electron chi connectivity index (χ0n) is 21.9. The van der Waals surface area contributed by atoms with Crippen molar-refractivity contribution in [2.75, 3.05) is 6.61 Å². The minimum Gasteiger partial charge on any atom is -0.491 e. The predicted octanol–water partition coefficient (Wildman–Crippen LogP) is 7.91. The van der Waals surface area contributed by atoms with E-state index >= 15 is 0 Å². The first-order chi connectivity index (χ1) is 16.9. The van der Waals surface area contributed by atoms with Crippen molar-refractivity contribution in [1.82, 2.24) is 0 Å². The van der Waals surface area contributed by atoms with Crippen molar-refractivity contribution in [3.8, 4) is 17.2 Å². The van der Waals surface area contributed by atoms with Gasteiger partial charge in [0.05, 0.1) is 6.10 Å². The van der Waals surface area contributed by atoms with Crippen LogP contribution in [-0.2, 0) is 17.6 Å². The third-order valence-electron chi connectivity index (χ3n) is 6.32. The van der Waals surface area contributed by atoms with Gasteiger partial charge in [0.2, 0.25) is 0 Å². The van der Waals surface area contributed by atoms with Gasteiger partial charge in [-0.15, -0.1) is 0 Å². The summed E-state index contributed by atoms with van der Waals surface area (Å²) < 4.78 is 50.9. The Morgan fingerprint density at radius 2 is 1.22 bits per heavy atom. The summed E-state index contributed by atoms with van der Waals surface area (Å²) in [4.78, 5) is 0. The molecule has 3 aromatic rings. The van der Waals surface area contributed by atoms with Crippen LogP contribution in [0, 0.1) is 11.6 Å². The predicted molar refractivity (Wildman–Crippen MR) is 141 cm³/mol. The minimum absolute atomic E-state index is 0.0659. The van der Waals surface area contributed by atoms with Crippen molar-refractivity contribution < 1.29 is 27.4 Å². The van der Waals surface area contributed by atoms with E-state index in [9.17, 15) is 8.78 Å². The van der Waals surface area contributed by atoms with Crippen molar-refractivity contribution in [3.05, 3.63) is 89.5 Å². The highest BCUT2D eigenvalue weighted by atomic mass is 28.4. The first kappa shape index (κ1) is 27.7. The summed E-state index contributed by atoms with van der Waals surface area (Å²) >= 11 is 0. The molecule has 0 saturated carbocycles. The fourth-order valence-corrected chi connectivity index (χ4v) is 4.65. The van der Waals surface area contributed by atoms with Crippen molar-refractivity contribution in [2.45, 2.75) is 65.1 Å². The molecule has 0 aliphatic carbocycles. The SMILES string of the molecule is C[C@H](COc1ccc(OCc2ccc(F)cc2)c(OCc2ccc(F)cc2)c1)O[Si](C)(C)C(C)(C)C. The van der Waals surface area contributed by atoms with Gasteiger partial charge < -0.3 is 18.6 Å². The highest BCUT2D eigenvalue weighted by Crippen LogP contribution is 2.37. The molecular formula is C29H36F2O4Si. The second-order valence-corrected chi connectivity index (χ2v) is 15.2. The molecule has 0 spiro atoms. The minimum atomic E-state index is -1.90. The van der Waals surface area contributed by atoms with Crippen LogP contribution >= 0.6 is 0 Å². The maximum atomic E-state index is 13.3. The normalized spacial score (nSPS) is 12.8. The molecule has 0 amide bonds. The molecule has 194 valence electrons. The number of ether oxygens (including phenoxy) is 3. The summed E-state index contributed by atoms with van der Waals surface area (Å²) in [5.41, 5.74) is 1.65. The summed E-state index contributed by atoms with van der Waals surface area (Å²) in [5.74, 6) is 1.06. The zero-order valence-corrected chi connectivity index (χ0v) is 22.9. The molecule has 4 nitrogen and oxygen atoms in total. The molecule has 3 rings (SSSR count). The number of rotatable bonds is 11. The summed E-state index contributed by atoms with van der Waals surface area (Å²) in [5, 5.41) is 0.117. The van der Waals surface area contributed by atoms with Crippen molar-refractivity contribution in [3.63, 3.8) is 0 Å². The molecule has 7 heteroatoms. The van der Waals surface area contributed by atoms with Gasteiger partial charge in [0.25, 0.3) is 0 Å². The lowest BCUT2D eigenvalue weighted by Gasteiger charge is -2.38. The summed E-state index contributed by atoms with van der Waals surface area (Å²) in [6.45, 7) is 14.0. The van der Waals surface area contributed by atoms with E-state index in [2.05, 4.69) is 33.9 Å². The highest BCUT2D eigenvalue weighted by Gasteiger charge is 2.38. The lowest BCUT2D eigenvalue weighted by Crippen LogP contribution is -2.44. The molecule has 36 heavy (non-hydrogen) atoms. The second kappa shape index (κ2) is 11.9. The van der Waals surface area contributed by atoms with E-state index in [0.29, 0.717) is 23.9 Å². The summed E-state index contributed by atoms with van der Waals surface area (Å²) in [6.07, 6.45) is -0.0659. The number of hydrogen-bond donors (Lipinski definition) is 0. The Bertz CT molecular complexity index is 1110. The fraction of sp³-hybridized carbons (Fsp3) is 0.379. The maximum absolute atomic E-state index is 13.3. The largest absolute Gasteiger partial charge is 0.491 e. The van der Waals surface area contributed by atoms with E-state index in [1.165, 1.54) is 24.3 Å². The molecule has 0 bridgehead atoms. The van der Waals surface area contributed by atoms with Crippen LogP contribution in [0.4, 0.5) is 8.78 Å². The smallest absolute Gasteiger partial charge is 0.192 e. The van der Waals surface area contributed by atoms with Gasteiger partial charge in [-0.2, -0.15) is 0 Å². The molecule has 0 fully saturated rings. The van der Waals surface area contributed by atoms with Gasteiger partial charge in [-0.1, -0.05) is 45.0 Å². The molecular weight excluding hydrogens is 478 g/mol. The van der Waals surface area contributed by atoms with Gasteiger partial charge >= 0.3 is 0 Å². The second-order valence-electron chi connectivity index (χ2n) is 10.4. The third-order valence-corrected chi connectivity index (χ3v) is 10.9. The van der Waals surface area contributed by atoms with Crippen molar-refractivity contribution in [1.29, 1.82) is 0 Å². The van der Waals surface area contributed by atoms with E-state index in [-0.39, 0.29) is 36.0 Å². The number of benzene rings is 3. The summed E-state index contributed by atoms with van der Waals surface area (Å²) in [7, 11) is -1.90. The van der Waals surface area contributed by atoms with Crippen LogP contribution < -0.4 is 14.2 Å². The molecule has 0 heterocycles. The Morgan fingerprint density at radius 1 is 0.722 bits per heavy atom. The maximum Gasteiger partial charge on any atom is 0.192 e. The number of halogens is 2. The van der Waals surface area contributed by atoms with E-state index in [0.717, 1.165) is 11.1 Å². The Kier molecular flexibility index (Phi) is 9.14. The molecule has 0 aliphatic heterocycles. The quantitative estimate of drug-likeness (QED) is 0.244. The van der Waals surface area contributed by atoms with Gasteiger partial charge in [0, 0.05) is 6.07 Å². The Labute approximate surface area is 214 Å². The van der Waals surface area contributed by atoms with Gasteiger partial charge in [-0.3, -0.25) is 0 Å². The molecule has 1 atom stereocenters. The Hall–Kier alpha value is -2.90. The van der Waals surface area contributed by atoms with Gasteiger partial charge in [0.1, 0.15) is 37.2 Å².